The van der Waals surface area contributed by atoms with E-state index < -0.39 is 0 Å². The Kier molecular flexibility index (Phi) is 3.75. The predicted octanol–water partition coefficient (Wildman–Crippen LogP) is 3.71. The summed E-state index contributed by atoms with van der Waals surface area (Å²) in [7, 11) is 0. The van der Waals surface area contributed by atoms with Crippen LogP contribution in [-0.2, 0) is 0 Å². The lowest BCUT2D eigenvalue weighted by molar-refractivity contribution is 0.456. The van der Waals surface area contributed by atoms with E-state index >= 15 is 0 Å². The molecule has 3 heterocycles. The summed E-state index contributed by atoms with van der Waals surface area (Å²) in [6.07, 6.45) is 1.79. The van der Waals surface area contributed by atoms with Crippen molar-refractivity contribution in [3.05, 3.63) is 28.2 Å². The van der Waals surface area contributed by atoms with Crippen LogP contribution in [0, 0.1) is 6.92 Å². The van der Waals surface area contributed by atoms with Crippen molar-refractivity contribution in [3.63, 3.8) is 0 Å². The van der Waals surface area contributed by atoms with Crippen LogP contribution >= 0.6 is 22.9 Å². The highest BCUT2D eigenvalue weighted by atomic mass is 35.5. The van der Waals surface area contributed by atoms with Gasteiger partial charge in [-0.1, -0.05) is 11.6 Å². The number of rotatable bonds is 2. The molecule has 1 aromatic carbocycles. The first kappa shape index (κ1) is 14.9. The number of aromatic nitrogens is 2. The van der Waals surface area contributed by atoms with Gasteiger partial charge in [-0.05, 0) is 25.5 Å². The number of nitrogens with zero attached hydrogens (tertiary/aromatic N) is 3. The molecule has 1 aliphatic rings. The fourth-order valence-electron chi connectivity index (χ4n) is 2.92. The highest BCUT2D eigenvalue weighted by Crippen LogP contribution is 2.38. The van der Waals surface area contributed by atoms with Crippen LogP contribution in [0.3, 0.4) is 0 Å². The third-order valence-electron chi connectivity index (χ3n) is 4.25. The Morgan fingerprint density at radius 2 is 2.35 bits per heavy atom. The Balaban J connectivity index is 1.90. The second kappa shape index (κ2) is 5.78. The third-order valence-corrected chi connectivity index (χ3v) is 5.45. The SMILES string of the molecule is Cc1c(Cl)cc(-c2nccs2)c2oc(N3CCNC[C@@H]3C)nc12. The molecule has 0 unspecified atom stereocenters. The first-order valence-electron chi connectivity index (χ1n) is 7.62. The Labute approximate surface area is 143 Å². The van der Waals surface area contributed by atoms with Gasteiger partial charge in [0.2, 0.25) is 0 Å². The number of hydrogen-bond donors (Lipinski definition) is 1. The number of halogens is 1. The molecule has 0 saturated carbocycles. The van der Waals surface area contributed by atoms with Crippen molar-refractivity contribution in [1.82, 2.24) is 15.3 Å². The summed E-state index contributed by atoms with van der Waals surface area (Å²) in [6.45, 7) is 6.89. The van der Waals surface area contributed by atoms with Crippen molar-refractivity contribution >= 4 is 40.1 Å². The van der Waals surface area contributed by atoms with Gasteiger partial charge in [-0.25, -0.2) is 4.98 Å². The van der Waals surface area contributed by atoms with E-state index in [-0.39, 0.29) is 0 Å². The van der Waals surface area contributed by atoms with Crippen LogP contribution in [0.1, 0.15) is 12.5 Å². The molecule has 2 aromatic heterocycles. The minimum atomic E-state index is 0.343. The number of nitrogens with one attached hydrogen (secondary N) is 1. The van der Waals surface area contributed by atoms with Gasteiger partial charge < -0.3 is 14.6 Å². The summed E-state index contributed by atoms with van der Waals surface area (Å²) in [4.78, 5) is 11.3. The quantitative estimate of drug-likeness (QED) is 0.765. The van der Waals surface area contributed by atoms with Crippen LogP contribution in [-0.4, -0.2) is 35.6 Å². The summed E-state index contributed by atoms with van der Waals surface area (Å²) >= 11 is 7.97. The van der Waals surface area contributed by atoms with E-state index in [2.05, 4.69) is 22.1 Å². The van der Waals surface area contributed by atoms with Gasteiger partial charge >= 0.3 is 0 Å². The number of thiazole rings is 1. The number of fused-ring (bicyclic) bond motifs is 1. The molecule has 0 radical (unpaired) electrons. The van der Waals surface area contributed by atoms with Crippen LogP contribution in [0.2, 0.25) is 5.02 Å². The topological polar surface area (TPSA) is 54.2 Å². The lowest BCUT2D eigenvalue weighted by Crippen LogP contribution is -2.50. The second-order valence-electron chi connectivity index (χ2n) is 5.79. The molecule has 4 rings (SSSR count). The third kappa shape index (κ3) is 2.51. The molecule has 3 aromatic rings. The van der Waals surface area contributed by atoms with Gasteiger partial charge in [-0.2, -0.15) is 4.98 Å². The van der Waals surface area contributed by atoms with E-state index in [9.17, 15) is 0 Å². The van der Waals surface area contributed by atoms with Gasteiger partial charge in [0.1, 0.15) is 10.5 Å². The Bertz CT molecular complexity index is 846. The molecule has 1 saturated heterocycles. The van der Waals surface area contributed by atoms with E-state index in [4.69, 9.17) is 21.0 Å². The largest absolute Gasteiger partial charge is 0.423 e. The van der Waals surface area contributed by atoms with Crippen molar-refractivity contribution in [3.8, 4) is 10.6 Å². The molecule has 0 spiro atoms. The molecule has 1 N–H and O–H groups in total. The van der Waals surface area contributed by atoms with E-state index in [1.807, 2.05) is 18.4 Å². The minimum Gasteiger partial charge on any atom is -0.423 e. The van der Waals surface area contributed by atoms with Gasteiger partial charge in [-0.3, -0.25) is 0 Å². The molecular weight excluding hydrogens is 332 g/mol. The molecule has 120 valence electrons. The zero-order chi connectivity index (χ0) is 16.0. The highest BCUT2D eigenvalue weighted by molar-refractivity contribution is 7.13. The molecule has 1 atom stereocenters. The summed E-state index contributed by atoms with van der Waals surface area (Å²) in [5.74, 6) is 0. The average Bonchev–Trinajstić information content (AvgIpc) is 3.21. The monoisotopic (exact) mass is 348 g/mol. The van der Waals surface area contributed by atoms with E-state index in [1.165, 1.54) is 0 Å². The molecular formula is C16H17ClN4OS. The maximum absolute atomic E-state index is 6.41. The zero-order valence-electron chi connectivity index (χ0n) is 13.0. The molecule has 23 heavy (non-hydrogen) atoms. The average molecular weight is 349 g/mol. The van der Waals surface area contributed by atoms with Crippen LogP contribution in [0.5, 0.6) is 0 Å². The van der Waals surface area contributed by atoms with E-state index in [0.29, 0.717) is 17.1 Å². The number of benzene rings is 1. The number of aryl methyl sites for hydroxylation is 1. The van der Waals surface area contributed by atoms with Crippen LogP contribution < -0.4 is 10.2 Å². The molecule has 1 aliphatic heterocycles. The van der Waals surface area contributed by atoms with Gasteiger partial charge in [0, 0.05) is 42.3 Å². The van der Waals surface area contributed by atoms with Crippen molar-refractivity contribution in [1.29, 1.82) is 0 Å². The van der Waals surface area contributed by atoms with Crippen molar-refractivity contribution in [2.24, 2.45) is 0 Å². The fourth-order valence-corrected chi connectivity index (χ4v) is 3.77. The number of oxazole rings is 1. The van der Waals surface area contributed by atoms with Gasteiger partial charge in [0.15, 0.2) is 5.58 Å². The molecule has 0 bridgehead atoms. The number of anilines is 1. The van der Waals surface area contributed by atoms with Crippen LogP contribution in [0.15, 0.2) is 22.1 Å². The van der Waals surface area contributed by atoms with E-state index in [1.54, 1.807) is 17.5 Å². The van der Waals surface area contributed by atoms with Crippen molar-refractivity contribution in [2.75, 3.05) is 24.5 Å². The standard InChI is InChI=1S/C16H17ClN4OS/c1-9-8-18-3-5-21(9)16-20-13-10(2)12(17)7-11(14(13)22-16)15-19-4-6-23-15/h4,6-7,9,18H,3,5,8H2,1-2H3/t9-/m0/s1. The normalized spacial score (nSPS) is 18.7. The van der Waals surface area contributed by atoms with Gasteiger partial charge in [0.25, 0.3) is 6.01 Å². The first-order chi connectivity index (χ1) is 11.1. The highest BCUT2D eigenvalue weighted by Gasteiger charge is 2.25. The second-order valence-corrected chi connectivity index (χ2v) is 7.09. The van der Waals surface area contributed by atoms with Gasteiger partial charge in [-0.15, -0.1) is 11.3 Å². The predicted molar refractivity (Wildman–Crippen MR) is 94.5 cm³/mol. The Hall–Kier alpha value is -1.63. The molecule has 1 fully saturated rings. The van der Waals surface area contributed by atoms with Crippen molar-refractivity contribution in [2.45, 2.75) is 19.9 Å². The lowest BCUT2D eigenvalue weighted by Gasteiger charge is -2.32. The maximum Gasteiger partial charge on any atom is 0.298 e. The Morgan fingerprint density at radius 3 is 3.09 bits per heavy atom. The summed E-state index contributed by atoms with van der Waals surface area (Å²) < 4.78 is 6.16. The maximum atomic E-state index is 6.41. The van der Waals surface area contributed by atoms with Crippen molar-refractivity contribution < 1.29 is 4.42 Å². The Morgan fingerprint density at radius 1 is 1.48 bits per heavy atom. The minimum absolute atomic E-state index is 0.343. The summed E-state index contributed by atoms with van der Waals surface area (Å²) in [6, 6.07) is 2.93. The molecule has 0 aliphatic carbocycles. The molecule has 0 amide bonds. The van der Waals surface area contributed by atoms with E-state index in [0.717, 1.165) is 46.9 Å². The van der Waals surface area contributed by atoms with Gasteiger partial charge in [0.05, 0.1) is 5.56 Å². The molecule has 5 nitrogen and oxygen atoms in total. The zero-order valence-corrected chi connectivity index (χ0v) is 14.5. The fraction of sp³-hybridized carbons (Fsp3) is 0.375. The van der Waals surface area contributed by atoms with Crippen LogP contribution in [0.4, 0.5) is 6.01 Å². The number of hydrogen-bond acceptors (Lipinski definition) is 6. The lowest BCUT2D eigenvalue weighted by atomic mass is 10.1. The molecule has 7 heteroatoms. The van der Waals surface area contributed by atoms with Crippen LogP contribution in [0.25, 0.3) is 21.7 Å². The first-order valence-corrected chi connectivity index (χ1v) is 8.88. The summed E-state index contributed by atoms with van der Waals surface area (Å²) in [5, 5.41) is 6.92. The summed E-state index contributed by atoms with van der Waals surface area (Å²) in [5.41, 5.74) is 3.44. The smallest absolute Gasteiger partial charge is 0.298 e. The number of piperazine rings is 1.